The van der Waals surface area contributed by atoms with Crippen molar-refractivity contribution in [3.8, 4) is 22.9 Å². The number of alkyl halides is 3. The Labute approximate surface area is 174 Å². The molecular weight excluding hydrogens is 415 g/mol. The third-order valence-corrected chi connectivity index (χ3v) is 5.34. The molecule has 0 saturated heterocycles. The van der Waals surface area contributed by atoms with Crippen LogP contribution in [0.2, 0.25) is 0 Å². The van der Waals surface area contributed by atoms with E-state index in [9.17, 15) is 18.0 Å². The minimum Gasteiger partial charge on any atom is -0.493 e. The molecule has 3 aromatic rings. The summed E-state index contributed by atoms with van der Waals surface area (Å²) < 4.78 is 56.8. The van der Waals surface area contributed by atoms with Crippen LogP contribution in [0.3, 0.4) is 0 Å². The summed E-state index contributed by atoms with van der Waals surface area (Å²) in [5.74, 6) is 1.19. The number of benzene rings is 2. The number of ether oxygens (including phenoxy) is 3. The number of halogens is 3. The Morgan fingerprint density at radius 1 is 1.19 bits per heavy atom. The van der Waals surface area contributed by atoms with Gasteiger partial charge in [0.05, 0.1) is 18.4 Å². The molecule has 0 fully saturated rings. The van der Waals surface area contributed by atoms with Gasteiger partial charge in [0, 0.05) is 18.0 Å². The molecule has 31 heavy (non-hydrogen) atoms. The van der Waals surface area contributed by atoms with Crippen LogP contribution in [0.15, 0.2) is 42.7 Å². The molecule has 0 spiro atoms. The Bertz CT molecular complexity index is 1170. The van der Waals surface area contributed by atoms with Crippen LogP contribution in [0.5, 0.6) is 17.2 Å². The predicted octanol–water partition coefficient (Wildman–Crippen LogP) is 4.10. The van der Waals surface area contributed by atoms with E-state index in [1.807, 2.05) is 0 Å². The number of carbonyl (C=O) groups is 1. The highest BCUT2D eigenvalue weighted by Crippen LogP contribution is 2.46. The van der Waals surface area contributed by atoms with Crippen molar-refractivity contribution in [2.75, 3.05) is 19.2 Å². The van der Waals surface area contributed by atoms with Gasteiger partial charge in [0.1, 0.15) is 6.33 Å². The highest BCUT2D eigenvalue weighted by atomic mass is 19.4. The van der Waals surface area contributed by atoms with Crippen molar-refractivity contribution in [1.29, 1.82) is 0 Å². The van der Waals surface area contributed by atoms with Crippen molar-refractivity contribution in [2.45, 2.75) is 18.5 Å². The molecule has 2 aliphatic heterocycles. The molecule has 7 nitrogen and oxygen atoms in total. The molecule has 1 atom stereocenters. The van der Waals surface area contributed by atoms with E-state index in [0.717, 1.165) is 17.7 Å². The average molecular weight is 431 g/mol. The number of nitrogens with zero attached hydrogens (tertiary/aromatic N) is 2. The fraction of sp³-hybridized carbons (Fsp3) is 0.238. The number of amides is 1. The third-order valence-electron chi connectivity index (χ3n) is 5.34. The molecule has 1 N–H and O–H groups in total. The molecule has 5 rings (SSSR count). The summed E-state index contributed by atoms with van der Waals surface area (Å²) in [6, 6.07) is 8.33. The van der Waals surface area contributed by atoms with Gasteiger partial charge < -0.3 is 24.1 Å². The van der Waals surface area contributed by atoms with Crippen LogP contribution in [0.1, 0.15) is 29.2 Å². The summed E-state index contributed by atoms with van der Waals surface area (Å²) in [7, 11) is 1.51. The van der Waals surface area contributed by atoms with Gasteiger partial charge >= 0.3 is 6.18 Å². The van der Waals surface area contributed by atoms with E-state index >= 15 is 0 Å². The van der Waals surface area contributed by atoms with Gasteiger partial charge in [-0.05, 0) is 42.0 Å². The molecule has 2 aliphatic rings. The molecule has 160 valence electrons. The zero-order chi connectivity index (χ0) is 21.8. The van der Waals surface area contributed by atoms with Crippen molar-refractivity contribution in [1.82, 2.24) is 9.55 Å². The molecule has 0 bridgehead atoms. The summed E-state index contributed by atoms with van der Waals surface area (Å²) in [4.78, 5) is 16.6. The van der Waals surface area contributed by atoms with Gasteiger partial charge in [-0.1, -0.05) is 0 Å². The number of carbonyl (C=O) groups excluding carboxylic acids is 1. The monoisotopic (exact) mass is 431 g/mol. The molecule has 1 amide bonds. The van der Waals surface area contributed by atoms with E-state index in [4.69, 9.17) is 14.2 Å². The first-order valence-corrected chi connectivity index (χ1v) is 9.37. The van der Waals surface area contributed by atoms with Crippen molar-refractivity contribution >= 4 is 11.7 Å². The van der Waals surface area contributed by atoms with E-state index < -0.39 is 17.7 Å². The predicted molar refractivity (Wildman–Crippen MR) is 103 cm³/mol. The lowest BCUT2D eigenvalue weighted by atomic mass is 9.89. The molecule has 3 heterocycles. The van der Waals surface area contributed by atoms with Gasteiger partial charge in [0.15, 0.2) is 17.3 Å². The maximum absolute atomic E-state index is 12.9. The second-order valence-electron chi connectivity index (χ2n) is 7.15. The second kappa shape index (κ2) is 6.93. The van der Waals surface area contributed by atoms with Gasteiger partial charge in [-0.15, -0.1) is 0 Å². The number of anilines is 1. The largest absolute Gasteiger partial charge is 0.493 e. The van der Waals surface area contributed by atoms with Crippen LogP contribution in [0.4, 0.5) is 19.0 Å². The van der Waals surface area contributed by atoms with Crippen LogP contribution >= 0.6 is 0 Å². The van der Waals surface area contributed by atoms with Crippen molar-refractivity contribution in [3.63, 3.8) is 0 Å². The first-order chi connectivity index (χ1) is 14.8. The lowest BCUT2D eigenvalue weighted by Gasteiger charge is -2.25. The van der Waals surface area contributed by atoms with E-state index in [1.54, 1.807) is 16.7 Å². The summed E-state index contributed by atoms with van der Waals surface area (Å²) in [5.41, 5.74) is 1.15. The number of nitrogens with one attached hydrogen (secondary N) is 1. The van der Waals surface area contributed by atoms with E-state index in [2.05, 4.69) is 10.3 Å². The van der Waals surface area contributed by atoms with Crippen LogP contribution in [0.25, 0.3) is 5.69 Å². The highest BCUT2D eigenvalue weighted by Gasteiger charge is 2.34. The minimum absolute atomic E-state index is 0.0645. The summed E-state index contributed by atoms with van der Waals surface area (Å²) >= 11 is 0. The zero-order valence-corrected chi connectivity index (χ0v) is 16.2. The number of hydrogen-bond acceptors (Lipinski definition) is 5. The molecule has 0 aliphatic carbocycles. The lowest BCUT2D eigenvalue weighted by molar-refractivity contribution is -0.137. The van der Waals surface area contributed by atoms with E-state index in [-0.39, 0.29) is 19.1 Å². The van der Waals surface area contributed by atoms with Crippen molar-refractivity contribution in [3.05, 3.63) is 59.5 Å². The van der Waals surface area contributed by atoms with Crippen molar-refractivity contribution < 1.29 is 32.2 Å². The quantitative estimate of drug-likeness (QED) is 0.676. The van der Waals surface area contributed by atoms with E-state index in [0.29, 0.717) is 34.4 Å². The highest BCUT2D eigenvalue weighted by molar-refractivity contribution is 5.94. The Balaban J connectivity index is 1.61. The van der Waals surface area contributed by atoms with Crippen LogP contribution in [-0.2, 0) is 11.0 Å². The van der Waals surface area contributed by atoms with Crippen molar-refractivity contribution in [2.24, 2.45) is 0 Å². The normalized spacial score (nSPS) is 17.3. The maximum atomic E-state index is 12.9. The van der Waals surface area contributed by atoms with Crippen LogP contribution < -0.4 is 19.5 Å². The number of imidazole rings is 1. The van der Waals surface area contributed by atoms with Crippen LogP contribution in [-0.4, -0.2) is 29.4 Å². The van der Waals surface area contributed by atoms with Gasteiger partial charge in [-0.25, -0.2) is 4.98 Å². The second-order valence-corrected chi connectivity index (χ2v) is 7.15. The van der Waals surface area contributed by atoms with Gasteiger partial charge in [-0.3, -0.25) is 4.79 Å². The minimum atomic E-state index is -4.42. The number of fused-ring (bicyclic) bond motifs is 2. The molecule has 0 saturated carbocycles. The average Bonchev–Trinajstić information content (AvgIpc) is 3.38. The van der Waals surface area contributed by atoms with Gasteiger partial charge in [0.2, 0.25) is 18.4 Å². The third kappa shape index (κ3) is 3.24. The molecule has 1 aromatic heterocycles. The number of aromatic nitrogens is 2. The summed E-state index contributed by atoms with van der Waals surface area (Å²) in [5, 5.41) is 2.73. The first kappa shape index (κ1) is 19.3. The molecular formula is C21H16F3N3O4. The fourth-order valence-corrected chi connectivity index (χ4v) is 3.90. The molecule has 0 unspecified atom stereocenters. The fourth-order valence-electron chi connectivity index (χ4n) is 3.90. The van der Waals surface area contributed by atoms with Gasteiger partial charge in [-0.2, -0.15) is 13.2 Å². The zero-order valence-electron chi connectivity index (χ0n) is 16.2. The smallest absolute Gasteiger partial charge is 0.416 e. The standard InChI is InChI=1S/C21H16F3N3O4/c1-29-15-6-11(7-16-19(15)31-10-30-16)14-8-17(28)26-20-18(14)27(9-25-20)13-4-2-12(3-5-13)21(22,23)24/h2-7,9,14H,8,10H2,1H3,(H,26,28)/t14-/m1/s1. The van der Waals surface area contributed by atoms with Gasteiger partial charge in [0.25, 0.3) is 0 Å². The Morgan fingerprint density at radius 3 is 2.68 bits per heavy atom. The summed E-state index contributed by atoms with van der Waals surface area (Å²) in [6.07, 6.45) is -2.81. The summed E-state index contributed by atoms with van der Waals surface area (Å²) in [6.45, 7) is 0.0645. The Morgan fingerprint density at radius 2 is 1.97 bits per heavy atom. The molecule has 2 aromatic carbocycles. The SMILES string of the molecule is COc1cc([C@H]2CC(=O)Nc3ncn(-c4ccc(C(F)(F)F)cc4)c32)cc2c1OCO2. The topological polar surface area (TPSA) is 74.6 Å². The lowest BCUT2D eigenvalue weighted by Crippen LogP contribution is -2.25. The number of methoxy groups -OCH3 is 1. The first-order valence-electron chi connectivity index (χ1n) is 9.37. The molecule has 10 heteroatoms. The molecule has 0 radical (unpaired) electrons. The number of hydrogen-bond donors (Lipinski definition) is 1. The number of rotatable bonds is 3. The Hall–Kier alpha value is -3.69. The maximum Gasteiger partial charge on any atom is 0.416 e. The van der Waals surface area contributed by atoms with E-state index in [1.165, 1.54) is 25.6 Å². The Kier molecular flexibility index (Phi) is 4.31. The van der Waals surface area contributed by atoms with Crippen LogP contribution in [0, 0.1) is 0 Å².